The van der Waals surface area contributed by atoms with Crippen molar-refractivity contribution in [2.75, 3.05) is 22.1 Å². The number of hydrogen-bond acceptors (Lipinski definition) is 6. The lowest BCUT2D eigenvalue weighted by atomic mass is 10.1. The first-order valence-corrected chi connectivity index (χ1v) is 12.5. The first-order valence-electron chi connectivity index (χ1n) is 11.7. The molecule has 3 aromatic rings. The molecule has 38 heavy (non-hydrogen) atoms. The maximum Gasteiger partial charge on any atom is 0.338 e. The SMILES string of the molecule is CCCOC(=O)c1ccc(N2C(=O)C(Cl)=C(Nc3ccc(C(=O)Nc4ccc(Cl)cc4C)cc3)C2=O)cc1. The van der Waals surface area contributed by atoms with Crippen LogP contribution < -0.4 is 15.5 Å². The van der Waals surface area contributed by atoms with Crippen LogP contribution in [-0.4, -0.2) is 30.3 Å². The Morgan fingerprint density at radius 3 is 2.18 bits per heavy atom. The van der Waals surface area contributed by atoms with Crippen molar-refractivity contribution in [1.82, 2.24) is 0 Å². The summed E-state index contributed by atoms with van der Waals surface area (Å²) in [7, 11) is 0. The van der Waals surface area contributed by atoms with Crippen molar-refractivity contribution in [3.05, 3.63) is 99.2 Å². The highest BCUT2D eigenvalue weighted by Gasteiger charge is 2.39. The first kappa shape index (κ1) is 26.9. The number of aryl methyl sites for hydroxylation is 1. The second-order valence-corrected chi connectivity index (χ2v) is 9.25. The molecule has 0 atom stereocenters. The minimum atomic E-state index is -0.699. The van der Waals surface area contributed by atoms with Gasteiger partial charge in [-0.05, 0) is 85.6 Å². The summed E-state index contributed by atoms with van der Waals surface area (Å²) in [6.07, 6.45) is 0.694. The van der Waals surface area contributed by atoms with Crippen LogP contribution in [0.2, 0.25) is 5.02 Å². The monoisotopic (exact) mass is 551 g/mol. The summed E-state index contributed by atoms with van der Waals surface area (Å²) in [6.45, 7) is 4.02. The number of imide groups is 1. The molecule has 1 aliphatic heterocycles. The first-order chi connectivity index (χ1) is 18.2. The minimum Gasteiger partial charge on any atom is -0.462 e. The molecule has 0 aliphatic carbocycles. The summed E-state index contributed by atoms with van der Waals surface area (Å²) in [5.41, 5.74) is 2.76. The molecule has 8 nitrogen and oxygen atoms in total. The van der Waals surface area contributed by atoms with Gasteiger partial charge in [-0.1, -0.05) is 30.1 Å². The van der Waals surface area contributed by atoms with Crippen LogP contribution in [0.5, 0.6) is 0 Å². The lowest BCUT2D eigenvalue weighted by Crippen LogP contribution is -2.32. The van der Waals surface area contributed by atoms with Crippen molar-refractivity contribution in [3.63, 3.8) is 0 Å². The van der Waals surface area contributed by atoms with Gasteiger partial charge in [0.1, 0.15) is 10.7 Å². The quantitative estimate of drug-likeness (QED) is 0.266. The Bertz CT molecular complexity index is 1450. The van der Waals surface area contributed by atoms with Gasteiger partial charge in [-0.15, -0.1) is 0 Å². The van der Waals surface area contributed by atoms with E-state index in [1.54, 1.807) is 42.5 Å². The highest BCUT2D eigenvalue weighted by molar-refractivity contribution is 6.53. The maximum absolute atomic E-state index is 13.1. The van der Waals surface area contributed by atoms with Gasteiger partial charge in [0.25, 0.3) is 17.7 Å². The topological polar surface area (TPSA) is 105 Å². The number of benzene rings is 3. The smallest absolute Gasteiger partial charge is 0.338 e. The summed E-state index contributed by atoms with van der Waals surface area (Å²) >= 11 is 12.2. The number of hydrogen-bond donors (Lipinski definition) is 2. The van der Waals surface area contributed by atoms with E-state index in [4.69, 9.17) is 27.9 Å². The van der Waals surface area contributed by atoms with E-state index < -0.39 is 17.8 Å². The summed E-state index contributed by atoms with van der Waals surface area (Å²) in [6, 6.07) is 17.4. The van der Waals surface area contributed by atoms with Crippen molar-refractivity contribution in [2.45, 2.75) is 20.3 Å². The number of anilines is 3. The van der Waals surface area contributed by atoms with Crippen LogP contribution in [0.1, 0.15) is 39.6 Å². The third-order valence-corrected chi connectivity index (χ3v) is 6.26. The van der Waals surface area contributed by atoms with Gasteiger partial charge >= 0.3 is 5.97 Å². The van der Waals surface area contributed by atoms with Gasteiger partial charge in [0, 0.05) is 22.0 Å². The van der Waals surface area contributed by atoms with Crippen molar-refractivity contribution < 1.29 is 23.9 Å². The minimum absolute atomic E-state index is 0.0999. The zero-order chi connectivity index (χ0) is 27.4. The van der Waals surface area contributed by atoms with E-state index in [0.717, 1.165) is 10.5 Å². The van der Waals surface area contributed by atoms with Gasteiger partial charge in [-0.25, -0.2) is 9.69 Å². The van der Waals surface area contributed by atoms with Crippen molar-refractivity contribution in [3.8, 4) is 0 Å². The number of halogens is 2. The van der Waals surface area contributed by atoms with Gasteiger partial charge in [0.15, 0.2) is 0 Å². The highest BCUT2D eigenvalue weighted by atomic mass is 35.5. The lowest BCUT2D eigenvalue weighted by molar-refractivity contribution is -0.120. The van der Waals surface area contributed by atoms with E-state index in [9.17, 15) is 19.2 Å². The molecule has 0 radical (unpaired) electrons. The van der Waals surface area contributed by atoms with Crippen LogP contribution >= 0.6 is 23.2 Å². The van der Waals surface area contributed by atoms with Gasteiger partial charge < -0.3 is 15.4 Å². The Morgan fingerprint density at radius 2 is 1.55 bits per heavy atom. The van der Waals surface area contributed by atoms with Crippen LogP contribution in [0.25, 0.3) is 0 Å². The molecule has 0 saturated heterocycles. The number of rotatable bonds is 8. The average Bonchev–Trinajstić information content (AvgIpc) is 3.12. The van der Waals surface area contributed by atoms with Gasteiger partial charge in [-0.3, -0.25) is 14.4 Å². The number of ether oxygens (including phenoxy) is 1. The Balaban J connectivity index is 1.44. The Labute approximate surface area is 229 Å². The lowest BCUT2D eigenvalue weighted by Gasteiger charge is -2.15. The number of nitrogens with zero attached hydrogens (tertiary/aromatic N) is 1. The number of esters is 1. The van der Waals surface area contributed by atoms with Crippen LogP contribution in [0.4, 0.5) is 17.1 Å². The van der Waals surface area contributed by atoms with Gasteiger partial charge in [0.05, 0.1) is 17.9 Å². The molecule has 0 bridgehead atoms. The molecule has 3 aromatic carbocycles. The van der Waals surface area contributed by atoms with Gasteiger partial charge in [0.2, 0.25) is 0 Å². The fourth-order valence-corrected chi connectivity index (χ4v) is 4.12. The van der Waals surface area contributed by atoms with Crippen LogP contribution in [0, 0.1) is 6.92 Å². The molecule has 0 spiro atoms. The number of carbonyl (C=O) groups excluding carboxylic acids is 4. The number of amides is 3. The Kier molecular flexibility index (Phi) is 8.14. The zero-order valence-electron chi connectivity index (χ0n) is 20.5. The van der Waals surface area contributed by atoms with E-state index in [-0.39, 0.29) is 22.3 Å². The molecule has 194 valence electrons. The molecule has 2 N–H and O–H groups in total. The fourth-order valence-electron chi connectivity index (χ4n) is 3.68. The largest absolute Gasteiger partial charge is 0.462 e. The molecule has 1 heterocycles. The van der Waals surface area contributed by atoms with E-state index in [1.807, 2.05) is 13.8 Å². The van der Waals surface area contributed by atoms with Gasteiger partial charge in [-0.2, -0.15) is 0 Å². The Morgan fingerprint density at radius 1 is 0.895 bits per heavy atom. The third-order valence-electron chi connectivity index (χ3n) is 5.68. The second kappa shape index (κ2) is 11.5. The third kappa shape index (κ3) is 5.72. The highest BCUT2D eigenvalue weighted by Crippen LogP contribution is 2.30. The second-order valence-electron chi connectivity index (χ2n) is 8.43. The standard InChI is InChI=1S/C28H23Cl2N3O5/c1-3-14-38-28(37)18-6-11-21(12-7-18)33-26(35)23(30)24(27(33)36)31-20-9-4-17(5-10-20)25(34)32-22-13-8-19(29)15-16(22)2/h4-13,15,31H,3,14H2,1-2H3,(H,32,34). The van der Waals surface area contributed by atoms with Crippen LogP contribution in [0.3, 0.4) is 0 Å². The molecular weight excluding hydrogens is 529 g/mol. The van der Waals surface area contributed by atoms with E-state index in [2.05, 4.69) is 10.6 Å². The molecule has 4 rings (SSSR count). The zero-order valence-corrected chi connectivity index (χ0v) is 22.0. The number of nitrogens with one attached hydrogen (secondary N) is 2. The number of carbonyl (C=O) groups is 4. The predicted molar refractivity (Wildman–Crippen MR) is 147 cm³/mol. The Hall–Kier alpha value is -4.14. The van der Waals surface area contributed by atoms with E-state index >= 15 is 0 Å². The summed E-state index contributed by atoms with van der Waals surface area (Å²) < 4.78 is 5.09. The molecule has 0 aromatic heterocycles. The maximum atomic E-state index is 13.1. The summed E-state index contributed by atoms with van der Waals surface area (Å²) in [4.78, 5) is 51.4. The molecular formula is C28H23Cl2N3O5. The van der Waals surface area contributed by atoms with E-state index in [1.165, 1.54) is 24.3 Å². The molecule has 1 aliphatic rings. The molecule has 0 saturated carbocycles. The van der Waals surface area contributed by atoms with Crippen LogP contribution in [-0.2, 0) is 14.3 Å². The molecule has 0 fully saturated rings. The van der Waals surface area contributed by atoms with Crippen molar-refractivity contribution in [1.29, 1.82) is 0 Å². The molecule has 10 heteroatoms. The molecule has 3 amide bonds. The van der Waals surface area contributed by atoms with Crippen molar-refractivity contribution >= 4 is 64.0 Å². The predicted octanol–water partition coefficient (Wildman–Crippen LogP) is 5.90. The normalized spacial score (nSPS) is 13.1. The summed E-state index contributed by atoms with van der Waals surface area (Å²) in [5.74, 6) is -2.16. The fraction of sp³-hybridized carbons (Fsp3) is 0.143. The summed E-state index contributed by atoms with van der Waals surface area (Å²) in [5, 5.41) is 6.00. The average molecular weight is 552 g/mol. The molecule has 0 unspecified atom stereocenters. The van der Waals surface area contributed by atoms with Crippen molar-refractivity contribution in [2.24, 2.45) is 0 Å². The van der Waals surface area contributed by atoms with Crippen LogP contribution in [0.15, 0.2) is 77.5 Å². The van der Waals surface area contributed by atoms with E-state index in [0.29, 0.717) is 40.6 Å².